The first-order valence-corrected chi connectivity index (χ1v) is 26.0. The van der Waals surface area contributed by atoms with Crippen LogP contribution in [0.25, 0.3) is 0 Å². The fourth-order valence-corrected chi connectivity index (χ4v) is 8.41. The topological polar surface area (TPSA) is 72.9 Å². The number of hydrogen-bond acceptors (Lipinski definition) is 6. The lowest BCUT2D eigenvalue weighted by atomic mass is 9.87. The second kappa shape index (κ2) is 45.1. The summed E-state index contributed by atoms with van der Waals surface area (Å²) in [5.41, 5.74) is 0. The van der Waals surface area contributed by atoms with Gasteiger partial charge in [-0.3, -0.25) is 14.4 Å². The van der Waals surface area contributed by atoms with E-state index in [0.717, 1.165) is 103 Å². The molecule has 0 aromatic rings. The number of carbonyl (C=O) groups is 3. The predicted molar refractivity (Wildman–Crippen MR) is 250 cm³/mol. The molecule has 0 saturated heterocycles. The zero-order valence-corrected chi connectivity index (χ0v) is 39.8. The zero-order chi connectivity index (χ0) is 42.6. The van der Waals surface area contributed by atoms with Crippen molar-refractivity contribution >= 4 is 17.7 Å². The van der Waals surface area contributed by atoms with Crippen LogP contribution in [0.15, 0.2) is 0 Å². The first-order valence-electron chi connectivity index (χ1n) is 26.0. The second-order valence-corrected chi connectivity index (χ2v) is 17.9. The van der Waals surface area contributed by atoms with Crippen LogP contribution < -0.4 is 0 Å². The number of rotatable bonds is 47. The molecule has 0 rings (SSSR count). The maximum Gasteiger partial charge on any atom is 0.306 e. The molecule has 344 valence electrons. The smallest absolute Gasteiger partial charge is 0.306 e. The largest absolute Gasteiger partial charge is 0.466 e. The Labute approximate surface area is 362 Å². The van der Waals surface area contributed by atoms with Crippen molar-refractivity contribution in [3.05, 3.63) is 0 Å². The average Bonchev–Trinajstić information content (AvgIpc) is 3.21. The fraction of sp³-hybridized carbons (Fsp3) is 0.942. The lowest BCUT2D eigenvalue weighted by Gasteiger charge is -2.29. The molecule has 0 amide bonds. The maximum atomic E-state index is 12.8. The highest BCUT2D eigenvalue weighted by atomic mass is 16.5. The first kappa shape index (κ1) is 56.6. The van der Waals surface area contributed by atoms with Gasteiger partial charge in [0.25, 0.3) is 0 Å². The third-order valence-corrected chi connectivity index (χ3v) is 12.3. The highest BCUT2D eigenvalue weighted by Crippen LogP contribution is 2.27. The van der Waals surface area contributed by atoms with E-state index in [2.05, 4.69) is 39.5 Å². The molecule has 0 radical (unpaired) electrons. The van der Waals surface area contributed by atoms with Crippen LogP contribution in [0.2, 0.25) is 0 Å². The van der Waals surface area contributed by atoms with E-state index in [0.29, 0.717) is 37.6 Å². The normalized spacial score (nSPS) is 12.6. The van der Waals surface area contributed by atoms with Gasteiger partial charge in [0, 0.05) is 25.7 Å². The van der Waals surface area contributed by atoms with Gasteiger partial charge in [0.2, 0.25) is 0 Å². The minimum Gasteiger partial charge on any atom is -0.466 e. The van der Waals surface area contributed by atoms with E-state index in [1.54, 1.807) is 0 Å². The van der Waals surface area contributed by atoms with Crippen LogP contribution in [-0.2, 0) is 23.9 Å². The summed E-state index contributed by atoms with van der Waals surface area (Å²) >= 11 is 0. The van der Waals surface area contributed by atoms with Gasteiger partial charge in [-0.15, -0.1) is 0 Å². The molecule has 6 heteroatoms. The molecule has 0 saturated carbocycles. The average molecular weight is 820 g/mol. The summed E-state index contributed by atoms with van der Waals surface area (Å²) in [6.45, 7) is 15.0. The van der Waals surface area contributed by atoms with Gasteiger partial charge in [-0.25, -0.2) is 0 Å². The highest BCUT2D eigenvalue weighted by Gasteiger charge is 2.25. The second-order valence-electron chi connectivity index (χ2n) is 17.9. The van der Waals surface area contributed by atoms with Crippen LogP contribution in [0.4, 0.5) is 0 Å². The Morgan fingerprint density at radius 1 is 0.397 bits per heavy atom. The quantitative estimate of drug-likeness (QED) is 0.0450. The van der Waals surface area contributed by atoms with Gasteiger partial charge in [0.05, 0.1) is 6.61 Å². The Morgan fingerprint density at radius 2 is 0.828 bits per heavy atom. The van der Waals surface area contributed by atoms with Crippen molar-refractivity contribution in [2.75, 3.05) is 26.2 Å². The number of Topliss-reactive ketones (excluding diaryl/α,β-unsaturated/α-hetero) is 1. The maximum absolute atomic E-state index is 12.8. The molecule has 0 heterocycles. The minimum atomic E-state index is -0.0297. The minimum absolute atomic E-state index is 0.000270. The number of esters is 2. The summed E-state index contributed by atoms with van der Waals surface area (Å²) in [5.74, 6) is 0.765. The summed E-state index contributed by atoms with van der Waals surface area (Å²) in [5, 5.41) is 0. The van der Waals surface area contributed by atoms with Gasteiger partial charge >= 0.3 is 11.9 Å². The summed E-state index contributed by atoms with van der Waals surface area (Å²) in [4.78, 5) is 40.3. The van der Waals surface area contributed by atoms with Crippen molar-refractivity contribution in [3.63, 3.8) is 0 Å². The van der Waals surface area contributed by atoms with E-state index in [1.165, 1.54) is 141 Å². The number of ether oxygens (including phenoxy) is 2. The van der Waals surface area contributed by atoms with Crippen molar-refractivity contribution in [1.82, 2.24) is 4.90 Å². The predicted octanol–water partition coefficient (Wildman–Crippen LogP) is 15.9. The van der Waals surface area contributed by atoms with Crippen LogP contribution in [-0.4, -0.2) is 55.0 Å². The third kappa shape index (κ3) is 38.8. The summed E-state index contributed by atoms with van der Waals surface area (Å²) < 4.78 is 11.7. The van der Waals surface area contributed by atoms with E-state index >= 15 is 0 Å². The molecule has 0 aliphatic carbocycles. The Morgan fingerprint density at radius 3 is 1.38 bits per heavy atom. The first-order chi connectivity index (χ1) is 28.4. The Kier molecular flexibility index (Phi) is 44.0. The number of unbranched alkanes of at least 4 members (excludes halogenated alkanes) is 24. The standard InChI is InChI=1S/C52H101NO5/c1-6-11-14-17-20-21-25-30-41-49(54)42-34-33-39-48(50(58-52(56)38-9-4)43-31-26-19-16-13-8-3)40-37-46-53(10-5)45-35-28-23-22-27-32-44-51(55)57-47-36-29-24-18-15-12-7-2/h48,50H,6-47H2,1-5H3. The number of nitrogens with zero attached hydrogens (tertiary/aromatic N) is 1. The number of ketones is 1. The fourth-order valence-electron chi connectivity index (χ4n) is 8.41. The molecule has 2 unspecified atom stereocenters. The van der Waals surface area contributed by atoms with Gasteiger partial charge < -0.3 is 14.4 Å². The molecule has 6 nitrogen and oxygen atoms in total. The van der Waals surface area contributed by atoms with Crippen LogP contribution in [0, 0.1) is 5.92 Å². The molecule has 0 spiro atoms. The number of carbonyl (C=O) groups excluding carboxylic acids is 3. The van der Waals surface area contributed by atoms with Crippen molar-refractivity contribution in [3.8, 4) is 0 Å². The molecule has 0 aromatic carbocycles. The van der Waals surface area contributed by atoms with Gasteiger partial charge in [0.1, 0.15) is 11.9 Å². The van der Waals surface area contributed by atoms with Crippen molar-refractivity contribution in [1.29, 1.82) is 0 Å². The molecule has 0 fully saturated rings. The summed E-state index contributed by atoms with van der Waals surface area (Å²) in [7, 11) is 0. The van der Waals surface area contributed by atoms with Crippen LogP contribution in [0.3, 0.4) is 0 Å². The monoisotopic (exact) mass is 820 g/mol. The van der Waals surface area contributed by atoms with E-state index in [4.69, 9.17) is 9.47 Å². The van der Waals surface area contributed by atoms with Crippen molar-refractivity contribution in [2.24, 2.45) is 5.92 Å². The third-order valence-electron chi connectivity index (χ3n) is 12.3. The van der Waals surface area contributed by atoms with Gasteiger partial charge in [-0.05, 0) is 96.2 Å². The summed E-state index contributed by atoms with van der Waals surface area (Å²) in [6, 6.07) is 0. The van der Waals surface area contributed by atoms with Crippen LogP contribution >= 0.6 is 0 Å². The van der Waals surface area contributed by atoms with Gasteiger partial charge in [-0.1, -0.05) is 182 Å². The molecule has 0 aromatic heterocycles. The Hall–Kier alpha value is -1.43. The summed E-state index contributed by atoms with van der Waals surface area (Å²) in [6.07, 6.45) is 42.9. The molecule has 58 heavy (non-hydrogen) atoms. The highest BCUT2D eigenvalue weighted by molar-refractivity contribution is 5.78. The molecular weight excluding hydrogens is 719 g/mol. The molecule has 2 atom stereocenters. The van der Waals surface area contributed by atoms with Crippen molar-refractivity contribution in [2.45, 2.75) is 285 Å². The molecule has 0 N–H and O–H groups in total. The van der Waals surface area contributed by atoms with E-state index < -0.39 is 0 Å². The van der Waals surface area contributed by atoms with Gasteiger partial charge in [-0.2, -0.15) is 0 Å². The van der Waals surface area contributed by atoms with E-state index in [9.17, 15) is 14.4 Å². The van der Waals surface area contributed by atoms with Crippen LogP contribution in [0.1, 0.15) is 279 Å². The molecule has 0 aliphatic heterocycles. The Bertz CT molecular complexity index is 893. The number of hydrogen-bond donors (Lipinski definition) is 0. The van der Waals surface area contributed by atoms with Gasteiger partial charge in [0.15, 0.2) is 0 Å². The molecular formula is C52H101NO5. The van der Waals surface area contributed by atoms with E-state index in [-0.39, 0.29) is 18.0 Å². The zero-order valence-electron chi connectivity index (χ0n) is 39.8. The lowest BCUT2D eigenvalue weighted by Crippen LogP contribution is -2.30. The molecule has 0 bridgehead atoms. The van der Waals surface area contributed by atoms with Crippen LogP contribution in [0.5, 0.6) is 0 Å². The molecule has 0 aliphatic rings. The lowest BCUT2D eigenvalue weighted by molar-refractivity contribution is -0.153. The Balaban J connectivity index is 4.71. The van der Waals surface area contributed by atoms with E-state index in [1.807, 2.05) is 0 Å². The SMILES string of the molecule is CCCCCCCCCCC(=O)CCCCC(CCCN(CC)CCCCCCCCC(=O)OCCCCCCCCC)C(CCCCCCCC)OC(=O)CCC. The van der Waals surface area contributed by atoms with Crippen molar-refractivity contribution < 1.29 is 23.9 Å².